The summed E-state index contributed by atoms with van der Waals surface area (Å²) in [5, 5.41) is 2.93. The Morgan fingerprint density at radius 2 is 2.29 bits per heavy atom. The van der Waals surface area contributed by atoms with Crippen molar-refractivity contribution in [2.75, 3.05) is 13.6 Å². The lowest BCUT2D eigenvalue weighted by Gasteiger charge is -2.31. The van der Waals surface area contributed by atoms with E-state index in [0.29, 0.717) is 19.4 Å². The Bertz CT molecular complexity index is 293. The molecule has 1 aliphatic rings. The molecule has 0 saturated carbocycles. The number of nitrogens with zero attached hydrogens (tertiary/aromatic N) is 1. The zero-order valence-corrected chi connectivity index (χ0v) is 10.9. The van der Waals surface area contributed by atoms with Gasteiger partial charge in [0.1, 0.15) is 0 Å². The maximum atomic E-state index is 11.9. The van der Waals surface area contributed by atoms with Crippen LogP contribution in [0.1, 0.15) is 33.1 Å². The highest BCUT2D eigenvalue weighted by molar-refractivity contribution is 5.82. The number of piperidine rings is 1. The summed E-state index contributed by atoms with van der Waals surface area (Å²) in [6.07, 6.45) is 2.10. The molecule has 98 valence electrons. The van der Waals surface area contributed by atoms with Crippen LogP contribution < -0.4 is 11.1 Å². The number of hydrogen-bond acceptors (Lipinski definition) is 3. The largest absolute Gasteiger partial charge is 0.350 e. The molecule has 1 fully saturated rings. The average Bonchev–Trinajstić information content (AvgIpc) is 2.31. The van der Waals surface area contributed by atoms with Crippen molar-refractivity contribution in [3.8, 4) is 0 Å². The first-order valence-corrected chi connectivity index (χ1v) is 6.25. The minimum Gasteiger partial charge on any atom is -0.350 e. The van der Waals surface area contributed by atoms with Crippen LogP contribution in [0, 0.1) is 5.92 Å². The Labute approximate surface area is 103 Å². The van der Waals surface area contributed by atoms with Gasteiger partial charge in [0, 0.05) is 26.1 Å². The fourth-order valence-electron chi connectivity index (χ4n) is 1.94. The van der Waals surface area contributed by atoms with Gasteiger partial charge in [0.05, 0.1) is 6.04 Å². The van der Waals surface area contributed by atoms with Crippen molar-refractivity contribution >= 4 is 11.8 Å². The molecule has 0 aliphatic carbocycles. The summed E-state index contributed by atoms with van der Waals surface area (Å²) in [4.78, 5) is 24.8. The smallest absolute Gasteiger partial charge is 0.237 e. The summed E-state index contributed by atoms with van der Waals surface area (Å²) in [7, 11) is 1.76. The number of nitrogens with one attached hydrogen (secondary N) is 1. The van der Waals surface area contributed by atoms with E-state index in [1.165, 1.54) is 0 Å². The minimum atomic E-state index is -0.456. The number of hydrogen-bond donors (Lipinski definition) is 2. The molecule has 2 amide bonds. The van der Waals surface area contributed by atoms with Crippen molar-refractivity contribution in [1.82, 2.24) is 10.2 Å². The van der Waals surface area contributed by atoms with E-state index in [1.807, 2.05) is 13.8 Å². The predicted molar refractivity (Wildman–Crippen MR) is 66.2 cm³/mol. The summed E-state index contributed by atoms with van der Waals surface area (Å²) in [5.41, 5.74) is 5.86. The SMILES string of the molecule is CC[C@H](C)[C@H](N)C(=O)NC1CCC(=O)N(C)C1. The Hall–Kier alpha value is -1.10. The van der Waals surface area contributed by atoms with Gasteiger partial charge in [-0.2, -0.15) is 0 Å². The fraction of sp³-hybridized carbons (Fsp3) is 0.833. The van der Waals surface area contributed by atoms with Gasteiger partial charge in [-0.05, 0) is 12.3 Å². The van der Waals surface area contributed by atoms with Crippen LogP contribution in [0.25, 0.3) is 0 Å². The molecule has 0 bridgehead atoms. The lowest BCUT2D eigenvalue weighted by Crippen LogP contribution is -2.53. The number of carbonyl (C=O) groups is 2. The van der Waals surface area contributed by atoms with Crippen molar-refractivity contribution < 1.29 is 9.59 Å². The van der Waals surface area contributed by atoms with E-state index in [-0.39, 0.29) is 23.8 Å². The highest BCUT2D eigenvalue weighted by Gasteiger charge is 2.27. The molecule has 5 nitrogen and oxygen atoms in total. The molecule has 1 saturated heterocycles. The molecule has 0 radical (unpaired) electrons. The van der Waals surface area contributed by atoms with Crippen molar-refractivity contribution in [1.29, 1.82) is 0 Å². The third-order valence-electron chi connectivity index (χ3n) is 3.53. The van der Waals surface area contributed by atoms with Gasteiger partial charge in [-0.15, -0.1) is 0 Å². The zero-order chi connectivity index (χ0) is 13.0. The first kappa shape index (κ1) is 14.0. The normalized spacial score (nSPS) is 24.4. The summed E-state index contributed by atoms with van der Waals surface area (Å²) >= 11 is 0. The highest BCUT2D eigenvalue weighted by atomic mass is 16.2. The molecule has 0 aromatic heterocycles. The van der Waals surface area contributed by atoms with E-state index in [1.54, 1.807) is 11.9 Å². The lowest BCUT2D eigenvalue weighted by molar-refractivity contribution is -0.134. The second-order valence-electron chi connectivity index (χ2n) is 4.93. The molecule has 0 aromatic rings. The molecule has 0 aromatic carbocycles. The Balaban J connectivity index is 2.44. The van der Waals surface area contributed by atoms with Gasteiger partial charge in [0.25, 0.3) is 0 Å². The maximum Gasteiger partial charge on any atom is 0.237 e. The monoisotopic (exact) mass is 241 g/mol. The molecule has 3 atom stereocenters. The van der Waals surface area contributed by atoms with Gasteiger partial charge in [-0.25, -0.2) is 0 Å². The Morgan fingerprint density at radius 1 is 1.65 bits per heavy atom. The van der Waals surface area contributed by atoms with Crippen LogP contribution in [0.4, 0.5) is 0 Å². The van der Waals surface area contributed by atoms with E-state index in [9.17, 15) is 9.59 Å². The molecule has 1 unspecified atom stereocenters. The number of likely N-dealkylation sites (N-methyl/N-ethyl adjacent to an activating group) is 1. The second kappa shape index (κ2) is 6.00. The molecule has 1 heterocycles. The summed E-state index contributed by atoms with van der Waals surface area (Å²) in [6, 6.07) is -0.414. The lowest BCUT2D eigenvalue weighted by atomic mass is 9.98. The van der Waals surface area contributed by atoms with Gasteiger partial charge in [-0.3, -0.25) is 9.59 Å². The molecule has 17 heavy (non-hydrogen) atoms. The van der Waals surface area contributed by atoms with E-state index < -0.39 is 6.04 Å². The topological polar surface area (TPSA) is 75.4 Å². The molecular weight excluding hydrogens is 218 g/mol. The van der Waals surface area contributed by atoms with Crippen molar-refractivity contribution in [2.24, 2.45) is 11.7 Å². The molecule has 5 heteroatoms. The van der Waals surface area contributed by atoms with Crippen LogP contribution in [-0.2, 0) is 9.59 Å². The van der Waals surface area contributed by atoms with Gasteiger partial charge >= 0.3 is 0 Å². The average molecular weight is 241 g/mol. The van der Waals surface area contributed by atoms with Gasteiger partial charge in [0.2, 0.25) is 11.8 Å². The van der Waals surface area contributed by atoms with Crippen LogP contribution in [-0.4, -0.2) is 42.4 Å². The third-order valence-corrected chi connectivity index (χ3v) is 3.53. The zero-order valence-electron chi connectivity index (χ0n) is 10.9. The summed E-state index contributed by atoms with van der Waals surface area (Å²) < 4.78 is 0. The summed E-state index contributed by atoms with van der Waals surface area (Å²) in [5.74, 6) is 0.215. The molecule has 1 rings (SSSR count). The number of amides is 2. The number of carbonyl (C=O) groups excluding carboxylic acids is 2. The first-order valence-electron chi connectivity index (χ1n) is 6.25. The van der Waals surface area contributed by atoms with Crippen molar-refractivity contribution in [3.05, 3.63) is 0 Å². The van der Waals surface area contributed by atoms with Crippen LogP contribution >= 0.6 is 0 Å². The fourth-order valence-corrected chi connectivity index (χ4v) is 1.94. The minimum absolute atomic E-state index is 0.0420. The number of likely N-dealkylation sites (tertiary alicyclic amines) is 1. The molecule has 0 spiro atoms. The second-order valence-corrected chi connectivity index (χ2v) is 4.93. The van der Waals surface area contributed by atoms with Crippen molar-refractivity contribution in [3.63, 3.8) is 0 Å². The molecule has 1 aliphatic heterocycles. The Morgan fingerprint density at radius 3 is 2.82 bits per heavy atom. The number of rotatable bonds is 4. The van der Waals surface area contributed by atoms with E-state index in [0.717, 1.165) is 6.42 Å². The van der Waals surface area contributed by atoms with E-state index in [4.69, 9.17) is 5.73 Å². The van der Waals surface area contributed by atoms with E-state index >= 15 is 0 Å². The van der Waals surface area contributed by atoms with Crippen LogP contribution in [0.15, 0.2) is 0 Å². The third kappa shape index (κ3) is 3.70. The highest BCUT2D eigenvalue weighted by Crippen LogP contribution is 2.11. The van der Waals surface area contributed by atoms with Gasteiger partial charge in [0.15, 0.2) is 0 Å². The molecular formula is C12H23N3O2. The number of nitrogens with two attached hydrogens (primary N) is 1. The van der Waals surface area contributed by atoms with Gasteiger partial charge in [-0.1, -0.05) is 20.3 Å². The molecule has 3 N–H and O–H groups in total. The predicted octanol–water partition coefficient (Wildman–Crippen LogP) is 0.0968. The summed E-state index contributed by atoms with van der Waals surface area (Å²) in [6.45, 7) is 4.57. The standard InChI is InChI=1S/C12H23N3O2/c1-4-8(2)11(13)12(17)14-9-5-6-10(16)15(3)7-9/h8-9,11H,4-7,13H2,1-3H3,(H,14,17)/t8-,9?,11-/m0/s1. The van der Waals surface area contributed by atoms with Crippen LogP contribution in [0.5, 0.6) is 0 Å². The van der Waals surface area contributed by atoms with Gasteiger partial charge < -0.3 is 16.0 Å². The maximum absolute atomic E-state index is 11.9. The van der Waals surface area contributed by atoms with Crippen molar-refractivity contribution in [2.45, 2.75) is 45.2 Å². The van der Waals surface area contributed by atoms with Crippen LogP contribution in [0.2, 0.25) is 0 Å². The van der Waals surface area contributed by atoms with E-state index in [2.05, 4.69) is 5.32 Å². The quantitative estimate of drug-likeness (QED) is 0.733. The first-order chi connectivity index (χ1) is 7.95. The Kier molecular flexibility index (Phi) is 4.93. The van der Waals surface area contributed by atoms with Crippen LogP contribution in [0.3, 0.4) is 0 Å².